The fourth-order valence-electron chi connectivity index (χ4n) is 1.54. The van der Waals surface area contributed by atoms with Gasteiger partial charge in [-0.2, -0.15) is 0 Å². The number of phenolic OH excluding ortho intramolecular Hbond substituents is 1. The SMILES string of the molecule is COC(=O)Cc1cc(O)ccc1C(C)C. The molecule has 0 radical (unpaired) electrons. The van der Waals surface area contributed by atoms with Crippen LogP contribution in [0.5, 0.6) is 5.75 Å². The number of aromatic hydroxyl groups is 1. The van der Waals surface area contributed by atoms with Gasteiger partial charge in [0.05, 0.1) is 13.5 Å². The average molecular weight is 208 g/mol. The molecule has 15 heavy (non-hydrogen) atoms. The van der Waals surface area contributed by atoms with Crippen molar-refractivity contribution in [2.24, 2.45) is 0 Å². The van der Waals surface area contributed by atoms with Gasteiger partial charge in [-0.05, 0) is 29.2 Å². The minimum atomic E-state index is -0.289. The molecule has 0 heterocycles. The van der Waals surface area contributed by atoms with Crippen molar-refractivity contribution >= 4 is 5.97 Å². The first-order valence-electron chi connectivity index (χ1n) is 4.93. The number of hydrogen-bond donors (Lipinski definition) is 1. The normalized spacial score (nSPS) is 10.4. The molecule has 0 aliphatic heterocycles. The Morgan fingerprint density at radius 2 is 2.13 bits per heavy atom. The zero-order valence-corrected chi connectivity index (χ0v) is 9.28. The third kappa shape index (κ3) is 2.98. The van der Waals surface area contributed by atoms with Crippen LogP contribution in [0.3, 0.4) is 0 Å². The third-order valence-electron chi connectivity index (χ3n) is 2.31. The van der Waals surface area contributed by atoms with Crippen molar-refractivity contribution in [3.8, 4) is 5.75 Å². The van der Waals surface area contributed by atoms with Crippen molar-refractivity contribution < 1.29 is 14.6 Å². The van der Waals surface area contributed by atoms with Crippen molar-refractivity contribution in [2.45, 2.75) is 26.2 Å². The minimum Gasteiger partial charge on any atom is -0.508 e. The van der Waals surface area contributed by atoms with Gasteiger partial charge in [-0.25, -0.2) is 0 Å². The fourth-order valence-corrected chi connectivity index (χ4v) is 1.54. The van der Waals surface area contributed by atoms with Crippen molar-refractivity contribution in [1.29, 1.82) is 0 Å². The van der Waals surface area contributed by atoms with Gasteiger partial charge in [-0.1, -0.05) is 19.9 Å². The molecule has 3 heteroatoms. The molecule has 0 fully saturated rings. The first-order valence-corrected chi connectivity index (χ1v) is 4.93. The Morgan fingerprint density at radius 1 is 1.47 bits per heavy atom. The third-order valence-corrected chi connectivity index (χ3v) is 2.31. The largest absolute Gasteiger partial charge is 0.508 e. The van der Waals surface area contributed by atoms with Crippen molar-refractivity contribution in [3.05, 3.63) is 29.3 Å². The van der Waals surface area contributed by atoms with Crippen LogP contribution in [0.25, 0.3) is 0 Å². The highest BCUT2D eigenvalue weighted by atomic mass is 16.5. The molecular formula is C12H16O3. The predicted molar refractivity (Wildman–Crippen MR) is 57.9 cm³/mol. The van der Waals surface area contributed by atoms with Crippen LogP contribution in [0.1, 0.15) is 30.9 Å². The smallest absolute Gasteiger partial charge is 0.309 e. The second-order valence-corrected chi connectivity index (χ2v) is 3.79. The van der Waals surface area contributed by atoms with E-state index < -0.39 is 0 Å². The number of ether oxygens (including phenoxy) is 1. The number of benzene rings is 1. The molecule has 0 aliphatic carbocycles. The second-order valence-electron chi connectivity index (χ2n) is 3.79. The van der Waals surface area contributed by atoms with Crippen LogP contribution < -0.4 is 0 Å². The summed E-state index contributed by atoms with van der Waals surface area (Å²) in [5.74, 6) is 0.214. The highest BCUT2D eigenvalue weighted by Crippen LogP contribution is 2.24. The van der Waals surface area contributed by atoms with E-state index in [1.54, 1.807) is 12.1 Å². The van der Waals surface area contributed by atoms with Crippen molar-refractivity contribution in [3.63, 3.8) is 0 Å². The van der Waals surface area contributed by atoms with Crippen LogP contribution in [0.2, 0.25) is 0 Å². The quantitative estimate of drug-likeness (QED) is 0.775. The monoisotopic (exact) mass is 208 g/mol. The van der Waals surface area contributed by atoms with Crippen LogP contribution >= 0.6 is 0 Å². The number of methoxy groups -OCH3 is 1. The zero-order valence-electron chi connectivity index (χ0n) is 9.28. The van der Waals surface area contributed by atoms with E-state index in [2.05, 4.69) is 4.74 Å². The summed E-state index contributed by atoms with van der Waals surface area (Å²) in [4.78, 5) is 11.2. The first kappa shape index (κ1) is 11.6. The molecule has 1 rings (SSSR count). The molecular weight excluding hydrogens is 192 g/mol. The Kier molecular flexibility index (Phi) is 3.72. The lowest BCUT2D eigenvalue weighted by atomic mass is 9.95. The van der Waals surface area contributed by atoms with Crippen LogP contribution in [-0.2, 0) is 16.0 Å². The van der Waals surface area contributed by atoms with Gasteiger partial charge in [-0.15, -0.1) is 0 Å². The second kappa shape index (κ2) is 4.82. The average Bonchev–Trinajstić information content (AvgIpc) is 2.17. The molecule has 0 unspecified atom stereocenters. The summed E-state index contributed by atoms with van der Waals surface area (Å²) in [6, 6.07) is 5.10. The molecule has 0 atom stereocenters. The van der Waals surface area contributed by atoms with E-state index in [1.165, 1.54) is 7.11 Å². The number of esters is 1. The summed E-state index contributed by atoms with van der Waals surface area (Å²) in [7, 11) is 1.36. The van der Waals surface area contributed by atoms with Crippen LogP contribution in [0.4, 0.5) is 0 Å². The standard InChI is InChI=1S/C12H16O3/c1-8(2)11-5-4-10(13)6-9(11)7-12(14)15-3/h4-6,8,13H,7H2,1-3H3. The van der Waals surface area contributed by atoms with Gasteiger partial charge in [0.1, 0.15) is 5.75 Å². The topological polar surface area (TPSA) is 46.5 Å². The van der Waals surface area contributed by atoms with Gasteiger partial charge >= 0.3 is 5.97 Å². The van der Waals surface area contributed by atoms with Crippen LogP contribution in [0.15, 0.2) is 18.2 Å². The molecule has 0 aliphatic rings. The lowest BCUT2D eigenvalue weighted by molar-refractivity contribution is -0.139. The maximum Gasteiger partial charge on any atom is 0.309 e. The number of rotatable bonds is 3. The highest BCUT2D eigenvalue weighted by Gasteiger charge is 2.11. The molecule has 1 aromatic rings. The van der Waals surface area contributed by atoms with Crippen molar-refractivity contribution in [2.75, 3.05) is 7.11 Å². The summed E-state index contributed by atoms with van der Waals surface area (Å²) >= 11 is 0. The highest BCUT2D eigenvalue weighted by molar-refractivity contribution is 5.73. The van der Waals surface area contributed by atoms with E-state index in [9.17, 15) is 9.90 Å². The maximum atomic E-state index is 11.2. The molecule has 1 N–H and O–H groups in total. The summed E-state index contributed by atoms with van der Waals surface area (Å²) in [5.41, 5.74) is 1.90. The first-order chi connectivity index (χ1) is 7.04. The number of carbonyl (C=O) groups is 1. The van der Waals surface area contributed by atoms with E-state index in [0.29, 0.717) is 5.92 Å². The molecule has 0 amide bonds. The Hall–Kier alpha value is -1.51. The summed E-state index contributed by atoms with van der Waals surface area (Å²) in [5, 5.41) is 9.35. The zero-order chi connectivity index (χ0) is 11.4. The maximum absolute atomic E-state index is 11.2. The van der Waals surface area contributed by atoms with Gasteiger partial charge in [0.2, 0.25) is 0 Å². The van der Waals surface area contributed by atoms with E-state index >= 15 is 0 Å². The molecule has 82 valence electrons. The van der Waals surface area contributed by atoms with E-state index in [4.69, 9.17) is 0 Å². The lowest BCUT2D eigenvalue weighted by Gasteiger charge is -2.12. The van der Waals surface area contributed by atoms with E-state index in [-0.39, 0.29) is 18.1 Å². The predicted octanol–water partition coefficient (Wildman–Crippen LogP) is 2.23. The van der Waals surface area contributed by atoms with E-state index in [1.807, 2.05) is 19.9 Å². The summed E-state index contributed by atoms with van der Waals surface area (Å²) in [6.45, 7) is 4.10. The Morgan fingerprint density at radius 3 is 2.67 bits per heavy atom. The Bertz CT molecular complexity index is 356. The number of hydrogen-bond acceptors (Lipinski definition) is 3. The van der Waals surface area contributed by atoms with Gasteiger partial charge in [0, 0.05) is 0 Å². The Balaban J connectivity index is 3.02. The molecule has 0 saturated carbocycles. The van der Waals surface area contributed by atoms with E-state index in [0.717, 1.165) is 11.1 Å². The lowest BCUT2D eigenvalue weighted by Crippen LogP contribution is -2.07. The molecule has 0 saturated heterocycles. The fraction of sp³-hybridized carbons (Fsp3) is 0.417. The summed E-state index contributed by atoms with van der Waals surface area (Å²) in [6.07, 6.45) is 0.207. The number of phenols is 1. The minimum absolute atomic E-state index is 0.179. The Labute approximate surface area is 89.7 Å². The molecule has 0 spiro atoms. The van der Waals surface area contributed by atoms with Crippen LogP contribution in [-0.4, -0.2) is 18.2 Å². The number of carbonyl (C=O) groups excluding carboxylic acids is 1. The molecule has 1 aromatic carbocycles. The van der Waals surface area contributed by atoms with Gasteiger partial charge in [0.15, 0.2) is 0 Å². The molecule has 0 bridgehead atoms. The molecule has 3 nitrogen and oxygen atoms in total. The van der Waals surface area contributed by atoms with Crippen LogP contribution in [0, 0.1) is 0 Å². The van der Waals surface area contributed by atoms with Crippen molar-refractivity contribution in [1.82, 2.24) is 0 Å². The summed E-state index contributed by atoms with van der Waals surface area (Å²) < 4.78 is 4.61. The van der Waals surface area contributed by atoms with Gasteiger partial charge in [-0.3, -0.25) is 4.79 Å². The molecule has 0 aromatic heterocycles. The van der Waals surface area contributed by atoms with Gasteiger partial charge < -0.3 is 9.84 Å². The van der Waals surface area contributed by atoms with Gasteiger partial charge in [0.25, 0.3) is 0 Å².